The van der Waals surface area contributed by atoms with Crippen LogP contribution in [-0.2, 0) is 16.6 Å². The van der Waals surface area contributed by atoms with Gasteiger partial charge in [0.15, 0.2) is 0 Å². The van der Waals surface area contributed by atoms with Crippen molar-refractivity contribution >= 4 is 11.6 Å². The van der Waals surface area contributed by atoms with Gasteiger partial charge in [-0.2, -0.15) is 0 Å². The zero-order valence-electron chi connectivity index (χ0n) is 10.2. The number of benzene rings is 1. The molecule has 0 aliphatic carbocycles. The highest BCUT2D eigenvalue weighted by Gasteiger charge is 2.35. The van der Waals surface area contributed by atoms with Crippen LogP contribution in [0.25, 0.3) is 0 Å². The second-order valence-electron chi connectivity index (χ2n) is 5.10. The maximum atomic E-state index is 11.6. The lowest BCUT2D eigenvalue weighted by Crippen LogP contribution is -2.32. The van der Waals surface area contributed by atoms with E-state index in [9.17, 15) is 9.90 Å². The number of hydrogen-bond donors (Lipinski definition) is 2. The van der Waals surface area contributed by atoms with E-state index in [1.807, 2.05) is 26.0 Å². The van der Waals surface area contributed by atoms with E-state index in [0.717, 1.165) is 16.8 Å². The van der Waals surface area contributed by atoms with E-state index in [4.69, 9.17) is 0 Å². The molecule has 0 radical (unpaired) electrons. The van der Waals surface area contributed by atoms with Crippen molar-refractivity contribution in [1.29, 1.82) is 0 Å². The van der Waals surface area contributed by atoms with Crippen LogP contribution in [0.5, 0.6) is 5.75 Å². The Morgan fingerprint density at radius 2 is 2.24 bits per heavy atom. The minimum Gasteiger partial charge on any atom is -0.507 e. The van der Waals surface area contributed by atoms with E-state index in [1.54, 1.807) is 6.08 Å². The second kappa shape index (κ2) is 3.91. The molecule has 0 saturated heterocycles. The summed E-state index contributed by atoms with van der Waals surface area (Å²) in [6, 6.07) is 3.68. The van der Waals surface area contributed by atoms with Crippen molar-refractivity contribution in [2.45, 2.75) is 32.1 Å². The van der Waals surface area contributed by atoms with Crippen LogP contribution in [0.1, 0.15) is 31.4 Å². The molecule has 3 heteroatoms. The fourth-order valence-electron chi connectivity index (χ4n) is 2.43. The van der Waals surface area contributed by atoms with Crippen molar-refractivity contribution in [1.82, 2.24) is 0 Å². The van der Waals surface area contributed by atoms with E-state index >= 15 is 0 Å². The molecule has 2 N–H and O–H groups in total. The number of phenols is 1. The summed E-state index contributed by atoms with van der Waals surface area (Å²) >= 11 is 0. The molecule has 0 aromatic heterocycles. The fraction of sp³-hybridized carbons (Fsp3) is 0.357. The first-order valence-electron chi connectivity index (χ1n) is 5.72. The minimum atomic E-state index is -0.334. The Bertz CT molecular complexity index is 489. The van der Waals surface area contributed by atoms with Gasteiger partial charge in [0, 0.05) is 23.1 Å². The molecule has 1 amide bonds. The van der Waals surface area contributed by atoms with Gasteiger partial charge in [0.2, 0.25) is 5.91 Å². The number of carbonyl (C=O) groups is 1. The molecule has 0 unspecified atom stereocenters. The summed E-state index contributed by atoms with van der Waals surface area (Å²) in [6.45, 7) is 7.63. The molecular formula is C14H17NO2. The molecule has 0 spiro atoms. The predicted molar refractivity (Wildman–Crippen MR) is 68.3 cm³/mol. The molecule has 2 rings (SSSR count). The van der Waals surface area contributed by atoms with E-state index in [2.05, 4.69) is 11.9 Å². The van der Waals surface area contributed by atoms with E-state index in [1.165, 1.54) is 0 Å². The quantitative estimate of drug-likeness (QED) is 0.769. The highest BCUT2D eigenvalue weighted by atomic mass is 16.3. The smallest absolute Gasteiger partial charge is 0.225 e. The molecule has 0 fully saturated rings. The topological polar surface area (TPSA) is 49.3 Å². The van der Waals surface area contributed by atoms with E-state index in [0.29, 0.717) is 12.8 Å². The third-order valence-electron chi connectivity index (χ3n) is 3.18. The number of fused-ring (bicyclic) bond motifs is 1. The number of phenolic OH excluding ortho intramolecular Hbond substituents is 1. The Balaban J connectivity index is 2.60. The Morgan fingerprint density at radius 1 is 1.53 bits per heavy atom. The van der Waals surface area contributed by atoms with Crippen LogP contribution in [0.4, 0.5) is 5.69 Å². The standard InChI is InChI=1S/C14H17NO2/c1-4-5-9-6-7-10-12(13(9)17)14(2,3)8-11(16)15-10/h4,6-7,17H,1,5,8H2,2-3H3,(H,15,16). The average Bonchev–Trinajstić information content (AvgIpc) is 2.20. The summed E-state index contributed by atoms with van der Waals surface area (Å²) in [5.74, 6) is 0.283. The molecular weight excluding hydrogens is 214 g/mol. The van der Waals surface area contributed by atoms with Crippen LogP contribution in [0.3, 0.4) is 0 Å². The zero-order chi connectivity index (χ0) is 12.6. The summed E-state index contributed by atoms with van der Waals surface area (Å²) in [6.07, 6.45) is 2.78. The largest absolute Gasteiger partial charge is 0.507 e. The first-order valence-corrected chi connectivity index (χ1v) is 5.72. The average molecular weight is 231 g/mol. The van der Waals surface area contributed by atoms with E-state index < -0.39 is 0 Å². The first kappa shape index (κ1) is 11.7. The number of carbonyl (C=O) groups excluding carboxylic acids is 1. The van der Waals surface area contributed by atoms with Crippen LogP contribution in [0.15, 0.2) is 24.8 Å². The highest BCUT2D eigenvalue weighted by Crippen LogP contribution is 2.44. The number of rotatable bonds is 2. The van der Waals surface area contributed by atoms with Crippen LogP contribution in [0, 0.1) is 0 Å². The van der Waals surface area contributed by atoms with Crippen LogP contribution in [-0.4, -0.2) is 11.0 Å². The summed E-state index contributed by atoms with van der Waals surface area (Å²) in [5.41, 5.74) is 2.06. The van der Waals surface area contributed by atoms with Crippen molar-refractivity contribution in [2.75, 3.05) is 5.32 Å². The van der Waals surface area contributed by atoms with E-state index in [-0.39, 0.29) is 17.1 Å². The van der Waals surface area contributed by atoms with Gasteiger partial charge < -0.3 is 10.4 Å². The predicted octanol–water partition coefficient (Wildman–Crippen LogP) is 2.74. The van der Waals surface area contributed by atoms with Gasteiger partial charge in [-0.1, -0.05) is 26.0 Å². The zero-order valence-corrected chi connectivity index (χ0v) is 10.2. The van der Waals surface area contributed by atoms with Gasteiger partial charge in [0.05, 0.1) is 0 Å². The van der Waals surface area contributed by atoms with Gasteiger partial charge in [-0.05, 0) is 18.1 Å². The van der Waals surface area contributed by atoms with Gasteiger partial charge in [-0.25, -0.2) is 0 Å². The molecule has 0 bridgehead atoms. The molecule has 0 atom stereocenters. The third-order valence-corrected chi connectivity index (χ3v) is 3.18. The number of amides is 1. The molecule has 1 aliphatic heterocycles. The Morgan fingerprint density at radius 3 is 2.88 bits per heavy atom. The number of hydrogen-bond acceptors (Lipinski definition) is 2. The number of anilines is 1. The summed E-state index contributed by atoms with van der Waals surface area (Å²) in [7, 11) is 0. The van der Waals surface area contributed by atoms with Crippen molar-refractivity contribution in [3.63, 3.8) is 0 Å². The SMILES string of the molecule is C=CCc1ccc2c(c1O)C(C)(C)CC(=O)N2. The lowest BCUT2D eigenvalue weighted by molar-refractivity contribution is -0.117. The normalized spacial score (nSPS) is 17.2. The molecule has 1 aliphatic rings. The highest BCUT2D eigenvalue weighted by molar-refractivity contribution is 5.96. The van der Waals surface area contributed by atoms with Crippen molar-refractivity contribution in [3.8, 4) is 5.75 Å². The first-order chi connectivity index (χ1) is 7.95. The maximum absolute atomic E-state index is 11.6. The van der Waals surface area contributed by atoms with Crippen molar-refractivity contribution in [2.24, 2.45) is 0 Å². The maximum Gasteiger partial charge on any atom is 0.225 e. The van der Waals surface area contributed by atoms with Crippen LogP contribution < -0.4 is 5.32 Å². The number of allylic oxidation sites excluding steroid dienone is 1. The van der Waals surface area contributed by atoms with Gasteiger partial charge in [0.25, 0.3) is 0 Å². The Hall–Kier alpha value is -1.77. The molecule has 3 nitrogen and oxygen atoms in total. The molecule has 1 heterocycles. The summed E-state index contributed by atoms with van der Waals surface area (Å²) in [5, 5.41) is 13.1. The Kier molecular flexibility index (Phi) is 2.69. The van der Waals surface area contributed by atoms with Gasteiger partial charge >= 0.3 is 0 Å². The van der Waals surface area contributed by atoms with Gasteiger partial charge in [0.1, 0.15) is 5.75 Å². The van der Waals surface area contributed by atoms with Gasteiger partial charge in [-0.3, -0.25) is 4.79 Å². The van der Waals surface area contributed by atoms with Crippen molar-refractivity contribution in [3.05, 3.63) is 35.9 Å². The molecule has 17 heavy (non-hydrogen) atoms. The van der Waals surface area contributed by atoms with Crippen molar-refractivity contribution < 1.29 is 9.90 Å². The fourth-order valence-corrected chi connectivity index (χ4v) is 2.43. The molecule has 1 aromatic rings. The molecule has 0 saturated carbocycles. The minimum absolute atomic E-state index is 0.00151. The molecule has 1 aromatic carbocycles. The monoisotopic (exact) mass is 231 g/mol. The summed E-state index contributed by atoms with van der Waals surface area (Å²) < 4.78 is 0. The van der Waals surface area contributed by atoms with Crippen LogP contribution >= 0.6 is 0 Å². The lowest BCUT2D eigenvalue weighted by atomic mass is 9.76. The van der Waals surface area contributed by atoms with Gasteiger partial charge in [-0.15, -0.1) is 6.58 Å². The Labute approximate surface area is 101 Å². The summed E-state index contributed by atoms with van der Waals surface area (Å²) in [4.78, 5) is 11.6. The molecule has 90 valence electrons. The number of aromatic hydroxyl groups is 1. The van der Waals surface area contributed by atoms with Crippen LogP contribution in [0.2, 0.25) is 0 Å². The lowest BCUT2D eigenvalue weighted by Gasteiger charge is -2.33. The third kappa shape index (κ3) is 1.93. The number of nitrogens with one attached hydrogen (secondary N) is 1. The second-order valence-corrected chi connectivity index (χ2v) is 5.10.